The number of hydrogen-bond donors (Lipinski definition) is 0. The van der Waals surface area contributed by atoms with Gasteiger partial charge < -0.3 is 4.74 Å². The van der Waals surface area contributed by atoms with Crippen molar-refractivity contribution in [2.24, 2.45) is 5.92 Å². The van der Waals surface area contributed by atoms with Crippen molar-refractivity contribution < 1.29 is 14.3 Å². The normalized spacial score (nSPS) is 15.0. The van der Waals surface area contributed by atoms with Gasteiger partial charge in [-0.25, -0.2) is 0 Å². The van der Waals surface area contributed by atoms with Gasteiger partial charge in [-0.15, -0.1) is 0 Å². The van der Waals surface area contributed by atoms with Crippen molar-refractivity contribution in [3.63, 3.8) is 0 Å². The zero-order valence-electron chi connectivity index (χ0n) is 13.7. The van der Waals surface area contributed by atoms with Crippen LogP contribution < -0.4 is 4.74 Å². The van der Waals surface area contributed by atoms with Crippen LogP contribution in [0.2, 0.25) is 0 Å². The molecule has 1 aliphatic carbocycles. The minimum atomic E-state index is -0.382. The zero-order valence-corrected chi connectivity index (χ0v) is 13.7. The van der Waals surface area contributed by atoms with Crippen LogP contribution in [-0.4, -0.2) is 11.6 Å². The summed E-state index contributed by atoms with van der Waals surface area (Å²) in [4.78, 5) is 24.9. The summed E-state index contributed by atoms with van der Waals surface area (Å²) in [6.07, 6.45) is 4.94. The second-order valence-electron chi connectivity index (χ2n) is 6.33. The Morgan fingerprint density at radius 2 is 1.67 bits per heavy atom. The molecule has 0 amide bonds. The number of Topliss-reactive ketones (excluding diaryl/α,β-unsaturated/α-hetero) is 2. The third-order valence-electron chi connectivity index (χ3n) is 4.54. The van der Waals surface area contributed by atoms with Gasteiger partial charge >= 0.3 is 0 Å². The van der Waals surface area contributed by atoms with Gasteiger partial charge in [0.1, 0.15) is 12.4 Å². The molecule has 1 fully saturated rings. The molecule has 2 aromatic carbocycles. The van der Waals surface area contributed by atoms with Crippen LogP contribution in [0.4, 0.5) is 0 Å². The fourth-order valence-electron chi connectivity index (χ4n) is 3.16. The first-order valence-electron chi connectivity index (χ1n) is 8.59. The Morgan fingerprint density at radius 3 is 2.42 bits per heavy atom. The van der Waals surface area contributed by atoms with E-state index in [0.717, 1.165) is 31.2 Å². The van der Waals surface area contributed by atoms with Crippen molar-refractivity contribution in [1.29, 1.82) is 0 Å². The third kappa shape index (κ3) is 4.10. The molecular weight excluding hydrogens is 300 g/mol. The molecule has 0 saturated heterocycles. The lowest BCUT2D eigenvalue weighted by atomic mass is 9.84. The Balaban J connectivity index is 1.65. The monoisotopic (exact) mass is 322 g/mol. The Bertz CT molecular complexity index is 700. The highest BCUT2D eigenvalue weighted by atomic mass is 16.5. The summed E-state index contributed by atoms with van der Waals surface area (Å²) in [6, 6.07) is 16.8. The van der Waals surface area contributed by atoms with Crippen molar-refractivity contribution in [3.8, 4) is 5.75 Å². The topological polar surface area (TPSA) is 43.4 Å². The Labute approximate surface area is 142 Å². The van der Waals surface area contributed by atoms with E-state index in [0.29, 0.717) is 17.9 Å². The van der Waals surface area contributed by atoms with Crippen LogP contribution in [0.15, 0.2) is 54.6 Å². The standard InChI is InChI=1S/C21H22O3/c22-20(17-10-5-2-6-11-17)21(23)18-12-7-13-19(14-18)24-15-16-8-3-1-4-9-16/h1,3-4,7-9,12-14,17H,2,5-6,10-11,15H2. The number of ketones is 2. The highest BCUT2D eigenvalue weighted by Gasteiger charge is 2.27. The van der Waals surface area contributed by atoms with Crippen LogP contribution in [0.3, 0.4) is 0 Å². The lowest BCUT2D eigenvalue weighted by molar-refractivity contribution is -0.119. The van der Waals surface area contributed by atoms with Crippen LogP contribution in [0.1, 0.15) is 48.0 Å². The van der Waals surface area contributed by atoms with E-state index in [1.54, 1.807) is 18.2 Å². The maximum atomic E-state index is 12.5. The summed E-state index contributed by atoms with van der Waals surface area (Å²) >= 11 is 0. The fourth-order valence-corrected chi connectivity index (χ4v) is 3.16. The van der Waals surface area contributed by atoms with Crippen molar-refractivity contribution >= 4 is 11.6 Å². The van der Waals surface area contributed by atoms with Gasteiger partial charge in [-0.3, -0.25) is 9.59 Å². The molecule has 0 bridgehead atoms. The molecule has 0 aromatic heterocycles. The Kier molecular flexibility index (Phi) is 5.42. The predicted octanol–water partition coefficient (Wildman–Crippen LogP) is 4.60. The average Bonchev–Trinajstić information content (AvgIpc) is 2.67. The van der Waals surface area contributed by atoms with Crippen molar-refractivity contribution in [1.82, 2.24) is 0 Å². The Hall–Kier alpha value is -2.42. The SMILES string of the molecule is O=C(C(=O)C1CCCCC1)c1cccc(OCc2ccccc2)c1. The highest BCUT2D eigenvalue weighted by Crippen LogP contribution is 2.26. The van der Waals surface area contributed by atoms with E-state index in [-0.39, 0.29) is 17.5 Å². The smallest absolute Gasteiger partial charge is 0.228 e. The summed E-state index contributed by atoms with van der Waals surface area (Å²) in [5.74, 6) is -0.108. The predicted molar refractivity (Wildman–Crippen MR) is 93.1 cm³/mol. The number of hydrogen-bond acceptors (Lipinski definition) is 3. The second kappa shape index (κ2) is 7.91. The molecule has 124 valence electrons. The molecule has 3 heteroatoms. The largest absolute Gasteiger partial charge is 0.489 e. The first-order valence-corrected chi connectivity index (χ1v) is 8.59. The summed E-state index contributed by atoms with van der Waals surface area (Å²) in [5, 5.41) is 0. The number of ether oxygens (including phenoxy) is 1. The van der Waals surface area contributed by atoms with Gasteiger partial charge in [-0.1, -0.05) is 61.7 Å². The van der Waals surface area contributed by atoms with Gasteiger partial charge in [0.15, 0.2) is 0 Å². The summed E-state index contributed by atoms with van der Waals surface area (Å²) in [5.41, 5.74) is 1.49. The summed E-state index contributed by atoms with van der Waals surface area (Å²) in [6.45, 7) is 0.440. The van der Waals surface area contributed by atoms with E-state index in [1.165, 1.54) is 6.42 Å². The van der Waals surface area contributed by atoms with Gasteiger partial charge in [-0.05, 0) is 30.5 Å². The molecule has 1 aliphatic rings. The maximum absolute atomic E-state index is 12.5. The molecule has 3 nitrogen and oxygen atoms in total. The molecule has 0 radical (unpaired) electrons. The van der Waals surface area contributed by atoms with Crippen LogP contribution in [-0.2, 0) is 11.4 Å². The van der Waals surface area contributed by atoms with E-state index in [2.05, 4.69) is 0 Å². The van der Waals surface area contributed by atoms with Gasteiger partial charge in [-0.2, -0.15) is 0 Å². The van der Waals surface area contributed by atoms with Crippen molar-refractivity contribution in [2.75, 3.05) is 0 Å². The zero-order chi connectivity index (χ0) is 16.8. The molecule has 0 unspecified atom stereocenters. The number of carbonyl (C=O) groups is 2. The molecule has 0 aliphatic heterocycles. The Morgan fingerprint density at radius 1 is 0.917 bits per heavy atom. The van der Waals surface area contributed by atoms with E-state index in [1.807, 2.05) is 36.4 Å². The van der Waals surface area contributed by atoms with E-state index >= 15 is 0 Å². The van der Waals surface area contributed by atoms with Crippen LogP contribution in [0.5, 0.6) is 5.75 Å². The minimum Gasteiger partial charge on any atom is -0.489 e. The van der Waals surface area contributed by atoms with Gasteiger partial charge in [0.25, 0.3) is 0 Å². The quantitative estimate of drug-likeness (QED) is 0.577. The summed E-state index contributed by atoms with van der Waals surface area (Å²) < 4.78 is 5.74. The first-order chi connectivity index (χ1) is 11.7. The molecular formula is C21H22O3. The van der Waals surface area contributed by atoms with Gasteiger partial charge in [0.2, 0.25) is 11.6 Å². The lowest BCUT2D eigenvalue weighted by Crippen LogP contribution is -2.25. The minimum absolute atomic E-state index is 0.0971. The summed E-state index contributed by atoms with van der Waals surface area (Å²) in [7, 11) is 0. The maximum Gasteiger partial charge on any atom is 0.228 e. The molecule has 0 N–H and O–H groups in total. The van der Waals surface area contributed by atoms with Gasteiger partial charge in [0, 0.05) is 11.5 Å². The fraction of sp³-hybridized carbons (Fsp3) is 0.333. The molecule has 3 rings (SSSR count). The highest BCUT2D eigenvalue weighted by molar-refractivity contribution is 6.44. The number of carbonyl (C=O) groups excluding carboxylic acids is 2. The average molecular weight is 322 g/mol. The van der Waals surface area contributed by atoms with E-state index < -0.39 is 0 Å². The molecule has 2 aromatic rings. The molecule has 0 spiro atoms. The third-order valence-corrected chi connectivity index (χ3v) is 4.54. The molecule has 0 heterocycles. The first kappa shape index (κ1) is 16.4. The number of rotatable bonds is 6. The van der Waals surface area contributed by atoms with Crippen molar-refractivity contribution in [2.45, 2.75) is 38.7 Å². The molecule has 0 atom stereocenters. The van der Waals surface area contributed by atoms with E-state index in [9.17, 15) is 9.59 Å². The van der Waals surface area contributed by atoms with E-state index in [4.69, 9.17) is 4.74 Å². The van der Waals surface area contributed by atoms with Crippen molar-refractivity contribution in [3.05, 3.63) is 65.7 Å². The van der Waals surface area contributed by atoms with Crippen LogP contribution in [0, 0.1) is 5.92 Å². The lowest BCUT2D eigenvalue weighted by Gasteiger charge is -2.19. The van der Waals surface area contributed by atoms with Crippen LogP contribution in [0.25, 0.3) is 0 Å². The van der Waals surface area contributed by atoms with Crippen LogP contribution >= 0.6 is 0 Å². The second-order valence-corrected chi connectivity index (χ2v) is 6.33. The molecule has 24 heavy (non-hydrogen) atoms. The molecule has 1 saturated carbocycles. The van der Waals surface area contributed by atoms with Gasteiger partial charge in [0.05, 0.1) is 0 Å². The number of benzene rings is 2.